The standard InChI is InChI=1S/C9H22O3Si2/c1-7-13(5,6)8-9-14(10-2,11-3)12-4/h7H,1,8-9H2,2-6H3. The molecule has 3 nitrogen and oxygen atoms in total. The number of rotatable bonds is 7. The van der Waals surface area contributed by atoms with Crippen LogP contribution in [0.1, 0.15) is 0 Å². The van der Waals surface area contributed by atoms with Gasteiger partial charge in [0.05, 0.1) is 8.07 Å². The molecule has 0 unspecified atom stereocenters. The van der Waals surface area contributed by atoms with E-state index in [1.165, 1.54) is 0 Å². The molecule has 0 spiro atoms. The van der Waals surface area contributed by atoms with E-state index in [9.17, 15) is 0 Å². The van der Waals surface area contributed by atoms with Crippen molar-refractivity contribution in [1.82, 2.24) is 0 Å². The molecular weight excluding hydrogens is 212 g/mol. The molecule has 0 bridgehead atoms. The third-order valence-corrected chi connectivity index (χ3v) is 8.43. The van der Waals surface area contributed by atoms with Crippen molar-refractivity contribution in [1.29, 1.82) is 0 Å². The Hall–Kier alpha value is 0.0538. The monoisotopic (exact) mass is 234 g/mol. The third-order valence-electron chi connectivity index (χ3n) is 2.56. The largest absolute Gasteiger partial charge is 0.499 e. The van der Waals surface area contributed by atoms with Crippen LogP contribution < -0.4 is 0 Å². The highest BCUT2D eigenvalue weighted by Crippen LogP contribution is 2.22. The molecule has 0 N–H and O–H groups in total. The summed E-state index contributed by atoms with van der Waals surface area (Å²) in [7, 11) is 1.33. The minimum Gasteiger partial charge on any atom is -0.377 e. The molecule has 0 aliphatic heterocycles. The van der Waals surface area contributed by atoms with E-state index in [4.69, 9.17) is 13.3 Å². The Morgan fingerprint density at radius 1 is 1.00 bits per heavy atom. The lowest BCUT2D eigenvalue weighted by Gasteiger charge is -2.27. The van der Waals surface area contributed by atoms with Crippen LogP contribution in [0.2, 0.25) is 25.2 Å². The van der Waals surface area contributed by atoms with Crippen LogP contribution in [0.4, 0.5) is 0 Å². The molecule has 0 fully saturated rings. The van der Waals surface area contributed by atoms with Crippen molar-refractivity contribution in [2.24, 2.45) is 0 Å². The molecule has 0 radical (unpaired) electrons. The van der Waals surface area contributed by atoms with E-state index in [0.717, 1.165) is 12.1 Å². The molecular formula is C9H22O3Si2. The van der Waals surface area contributed by atoms with Gasteiger partial charge in [0.25, 0.3) is 0 Å². The Morgan fingerprint density at radius 3 is 1.71 bits per heavy atom. The van der Waals surface area contributed by atoms with E-state index in [0.29, 0.717) is 0 Å². The van der Waals surface area contributed by atoms with Gasteiger partial charge in [-0.25, -0.2) is 0 Å². The highest BCUT2D eigenvalue weighted by molar-refractivity contribution is 6.83. The van der Waals surface area contributed by atoms with Crippen molar-refractivity contribution in [3.05, 3.63) is 12.3 Å². The smallest absolute Gasteiger partial charge is 0.377 e. The average Bonchev–Trinajstić information content (AvgIpc) is 2.21. The second kappa shape index (κ2) is 5.82. The van der Waals surface area contributed by atoms with Gasteiger partial charge in [-0.3, -0.25) is 0 Å². The molecule has 5 heteroatoms. The Bertz CT molecular complexity index is 171. The van der Waals surface area contributed by atoms with E-state index in [2.05, 4.69) is 25.4 Å². The lowest BCUT2D eigenvalue weighted by molar-refractivity contribution is 0.125. The number of hydrogen-bond donors (Lipinski definition) is 0. The molecule has 0 aromatic carbocycles. The predicted molar refractivity (Wildman–Crippen MR) is 64.1 cm³/mol. The van der Waals surface area contributed by atoms with Gasteiger partial charge in [-0.2, -0.15) is 0 Å². The van der Waals surface area contributed by atoms with Gasteiger partial charge < -0.3 is 13.3 Å². The first-order chi connectivity index (χ1) is 6.45. The van der Waals surface area contributed by atoms with Crippen molar-refractivity contribution in [2.45, 2.75) is 25.2 Å². The fourth-order valence-electron chi connectivity index (χ4n) is 1.13. The van der Waals surface area contributed by atoms with Crippen LogP contribution in [0.25, 0.3) is 0 Å². The summed E-state index contributed by atoms with van der Waals surface area (Å²) >= 11 is 0. The molecule has 0 heterocycles. The van der Waals surface area contributed by atoms with Crippen LogP contribution >= 0.6 is 0 Å². The second-order valence-corrected chi connectivity index (χ2v) is 12.0. The fourth-order valence-corrected chi connectivity index (χ4v) is 6.25. The summed E-state index contributed by atoms with van der Waals surface area (Å²) in [5.74, 6) is 0. The molecule has 0 saturated heterocycles. The van der Waals surface area contributed by atoms with Gasteiger partial charge in [0.15, 0.2) is 0 Å². The molecule has 14 heavy (non-hydrogen) atoms. The van der Waals surface area contributed by atoms with Crippen LogP contribution in [-0.2, 0) is 13.3 Å². The third kappa shape index (κ3) is 4.06. The van der Waals surface area contributed by atoms with Crippen molar-refractivity contribution in [2.75, 3.05) is 21.3 Å². The quantitative estimate of drug-likeness (QED) is 0.633. The van der Waals surface area contributed by atoms with Crippen LogP contribution in [0.15, 0.2) is 12.3 Å². The van der Waals surface area contributed by atoms with Crippen LogP contribution in [-0.4, -0.2) is 38.2 Å². The first-order valence-corrected chi connectivity index (χ1v) is 9.96. The molecule has 0 aromatic rings. The Kier molecular flexibility index (Phi) is 5.84. The van der Waals surface area contributed by atoms with E-state index < -0.39 is 16.9 Å². The first kappa shape index (κ1) is 14.1. The SMILES string of the molecule is C=C[Si](C)(C)CC[Si](OC)(OC)OC. The summed E-state index contributed by atoms with van der Waals surface area (Å²) in [4.78, 5) is 0. The molecule has 0 saturated carbocycles. The van der Waals surface area contributed by atoms with Crippen molar-refractivity contribution in [3.8, 4) is 0 Å². The lowest BCUT2D eigenvalue weighted by atomic mass is 10.9. The molecule has 0 atom stereocenters. The van der Waals surface area contributed by atoms with Gasteiger partial charge in [0, 0.05) is 27.4 Å². The second-order valence-electron chi connectivity index (χ2n) is 3.99. The van der Waals surface area contributed by atoms with E-state index >= 15 is 0 Å². The summed E-state index contributed by atoms with van der Waals surface area (Å²) in [5.41, 5.74) is 2.09. The van der Waals surface area contributed by atoms with Gasteiger partial charge in [0.2, 0.25) is 0 Å². The highest BCUT2D eigenvalue weighted by Gasteiger charge is 2.39. The van der Waals surface area contributed by atoms with Crippen LogP contribution in [0.5, 0.6) is 0 Å². The van der Waals surface area contributed by atoms with E-state index in [1.54, 1.807) is 21.3 Å². The zero-order chi connectivity index (χ0) is 11.2. The summed E-state index contributed by atoms with van der Waals surface area (Å²) < 4.78 is 16.1. The van der Waals surface area contributed by atoms with E-state index in [-0.39, 0.29) is 0 Å². The number of hydrogen-bond acceptors (Lipinski definition) is 3. The molecule has 84 valence electrons. The summed E-state index contributed by atoms with van der Waals surface area (Å²) in [5, 5.41) is 0. The highest BCUT2D eigenvalue weighted by atomic mass is 28.4. The van der Waals surface area contributed by atoms with Gasteiger partial charge >= 0.3 is 8.80 Å². The van der Waals surface area contributed by atoms with Crippen LogP contribution in [0.3, 0.4) is 0 Å². The zero-order valence-corrected chi connectivity index (χ0v) is 11.9. The maximum absolute atomic E-state index is 5.36. The van der Waals surface area contributed by atoms with Gasteiger partial charge in [-0.1, -0.05) is 13.1 Å². The normalized spacial score (nSPS) is 12.9. The van der Waals surface area contributed by atoms with Crippen molar-refractivity contribution >= 4 is 16.9 Å². The molecule has 0 rings (SSSR count). The predicted octanol–water partition coefficient (Wildman–Crippen LogP) is 2.30. The van der Waals surface area contributed by atoms with Crippen molar-refractivity contribution < 1.29 is 13.3 Å². The van der Waals surface area contributed by atoms with Gasteiger partial charge in [-0.05, 0) is 6.04 Å². The Balaban J connectivity index is 4.26. The van der Waals surface area contributed by atoms with E-state index in [1.807, 2.05) is 0 Å². The summed E-state index contributed by atoms with van der Waals surface area (Å²) in [6, 6.07) is 1.97. The fraction of sp³-hybridized carbons (Fsp3) is 0.778. The molecule has 0 aromatic heterocycles. The minimum atomic E-state index is -2.36. The first-order valence-electron chi connectivity index (χ1n) is 4.74. The molecule has 0 aliphatic carbocycles. The summed E-state index contributed by atoms with van der Waals surface area (Å²) in [6.45, 7) is 8.42. The summed E-state index contributed by atoms with van der Waals surface area (Å²) in [6.07, 6.45) is 0. The molecule has 0 aliphatic rings. The van der Waals surface area contributed by atoms with Gasteiger partial charge in [-0.15, -0.1) is 12.3 Å². The Labute approximate surface area is 89.4 Å². The maximum Gasteiger partial charge on any atom is 0.499 e. The zero-order valence-electron chi connectivity index (χ0n) is 9.92. The van der Waals surface area contributed by atoms with Gasteiger partial charge in [0.1, 0.15) is 0 Å². The lowest BCUT2D eigenvalue weighted by Crippen LogP contribution is -2.44. The maximum atomic E-state index is 5.36. The average molecular weight is 234 g/mol. The topological polar surface area (TPSA) is 27.7 Å². The Morgan fingerprint density at radius 2 is 1.43 bits per heavy atom. The minimum absolute atomic E-state index is 0.877. The van der Waals surface area contributed by atoms with Crippen molar-refractivity contribution in [3.63, 3.8) is 0 Å². The molecule has 0 amide bonds. The van der Waals surface area contributed by atoms with Crippen LogP contribution in [0, 0.1) is 0 Å².